The quantitative estimate of drug-likeness (QED) is 0.445. The molecule has 0 saturated heterocycles. The van der Waals surface area contributed by atoms with Gasteiger partial charge in [-0.15, -0.1) is 0 Å². The molecule has 1 fully saturated rings. The number of para-hydroxylation sites is 2. The van der Waals surface area contributed by atoms with Gasteiger partial charge in [0, 0.05) is 29.9 Å². The molecule has 0 bridgehead atoms. The fourth-order valence-electron chi connectivity index (χ4n) is 3.81. The second-order valence-electron chi connectivity index (χ2n) is 8.12. The van der Waals surface area contributed by atoms with Crippen LogP contribution in [0.15, 0.2) is 77.7 Å². The molecule has 31 heavy (non-hydrogen) atoms. The average Bonchev–Trinajstić information content (AvgIpc) is 3.62. The number of aromatic nitrogens is 2. The van der Waals surface area contributed by atoms with Crippen molar-refractivity contribution in [2.24, 2.45) is 5.92 Å². The summed E-state index contributed by atoms with van der Waals surface area (Å²) in [6.07, 6.45) is 4.11. The molecule has 2 aromatic carbocycles. The Morgan fingerprint density at radius 3 is 2.48 bits per heavy atom. The van der Waals surface area contributed by atoms with E-state index in [0.717, 1.165) is 28.4 Å². The maximum atomic E-state index is 13.6. The van der Waals surface area contributed by atoms with Crippen LogP contribution in [-0.2, 0) is 11.3 Å². The number of hydrogen-bond acceptors (Lipinski definition) is 4. The highest BCUT2D eigenvalue weighted by Gasteiger charge is 2.23. The van der Waals surface area contributed by atoms with E-state index in [1.807, 2.05) is 73.7 Å². The van der Waals surface area contributed by atoms with E-state index < -0.39 is 0 Å². The number of fused-ring (bicyclic) bond motifs is 1. The number of nitrogens with zero attached hydrogens (tertiary/aromatic N) is 2. The van der Waals surface area contributed by atoms with E-state index >= 15 is 0 Å². The monoisotopic (exact) mass is 411 g/mol. The van der Waals surface area contributed by atoms with Crippen molar-refractivity contribution in [3.05, 3.63) is 94.4 Å². The standard InChI is InChI=1S/C26H25N3O2/c1-18-14-24-22(15-27-18)25(30)23(17-31-16-19-12-13-19)26(28-20-8-4-2-5-9-20)29(24)21-10-6-3-7-11-21/h2-11,14-15,19,28H,12-13,16-17H2,1H3. The summed E-state index contributed by atoms with van der Waals surface area (Å²) in [5.74, 6) is 1.36. The van der Waals surface area contributed by atoms with Crippen LogP contribution < -0.4 is 10.7 Å². The number of hydrogen-bond donors (Lipinski definition) is 1. The summed E-state index contributed by atoms with van der Waals surface area (Å²) >= 11 is 0. The van der Waals surface area contributed by atoms with E-state index in [4.69, 9.17) is 4.74 Å². The third kappa shape index (κ3) is 4.09. The molecular weight excluding hydrogens is 386 g/mol. The maximum absolute atomic E-state index is 13.6. The van der Waals surface area contributed by atoms with Crippen LogP contribution in [0.1, 0.15) is 24.1 Å². The van der Waals surface area contributed by atoms with Crippen LogP contribution in [0.4, 0.5) is 11.5 Å². The first-order valence-electron chi connectivity index (χ1n) is 10.7. The summed E-state index contributed by atoms with van der Waals surface area (Å²) in [4.78, 5) is 18.0. The van der Waals surface area contributed by atoms with Crippen LogP contribution >= 0.6 is 0 Å². The van der Waals surface area contributed by atoms with Gasteiger partial charge in [0.2, 0.25) is 0 Å². The van der Waals surface area contributed by atoms with Crippen molar-refractivity contribution in [1.29, 1.82) is 0 Å². The van der Waals surface area contributed by atoms with Crippen molar-refractivity contribution in [3.8, 4) is 5.69 Å². The molecule has 0 atom stereocenters. The molecule has 0 unspecified atom stereocenters. The Bertz CT molecular complexity index is 1260. The number of nitrogens with one attached hydrogen (secondary N) is 1. The third-order valence-electron chi connectivity index (χ3n) is 5.64. The first-order chi connectivity index (χ1) is 15.2. The molecule has 5 nitrogen and oxygen atoms in total. The number of benzene rings is 2. The number of rotatable bonds is 7. The first kappa shape index (κ1) is 19.5. The summed E-state index contributed by atoms with van der Waals surface area (Å²) in [6.45, 7) is 2.90. The fraction of sp³-hybridized carbons (Fsp3) is 0.231. The van der Waals surface area contributed by atoms with Gasteiger partial charge in [-0.05, 0) is 56.0 Å². The van der Waals surface area contributed by atoms with Crippen molar-refractivity contribution < 1.29 is 4.74 Å². The molecule has 0 aliphatic heterocycles. The SMILES string of the molecule is Cc1cc2c(cn1)c(=O)c(COCC1CC1)c(Nc1ccccc1)n2-c1ccccc1. The average molecular weight is 412 g/mol. The Hall–Kier alpha value is -3.44. The smallest absolute Gasteiger partial charge is 0.198 e. The zero-order valence-corrected chi connectivity index (χ0v) is 17.5. The van der Waals surface area contributed by atoms with Crippen molar-refractivity contribution in [2.75, 3.05) is 11.9 Å². The second-order valence-corrected chi connectivity index (χ2v) is 8.12. The number of anilines is 2. The van der Waals surface area contributed by atoms with Crippen molar-refractivity contribution in [2.45, 2.75) is 26.4 Å². The van der Waals surface area contributed by atoms with E-state index in [9.17, 15) is 4.79 Å². The lowest BCUT2D eigenvalue weighted by atomic mass is 10.1. The molecule has 0 amide bonds. The summed E-state index contributed by atoms with van der Waals surface area (Å²) in [6, 6.07) is 22.0. The van der Waals surface area contributed by atoms with Crippen LogP contribution in [0.2, 0.25) is 0 Å². The topological polar surface area (TPSA) is 56.1 Å². The molecule has 1 saturated carbocycles. The zero-order chi connectivity index (χ0) is 21.2. The molecule has 5 heteroatoms. The first-order valence-corrected chi connectivity index (χ1v) is 10.7. The van der Waals surface area contributed by atoms with Crippen LogP contribution in [0.25, 0.3) is 16.6 Å². The Morgan fingerprint density at radius 2 is 1.77 bits per heavy atom. The zero-order valence-electron chi connectivity index (χ0n) is 17.5. The fourth-order valence-corrected chi connectivity index (χ4v) is 3.81. The second kappa shape index (κ2) is 8.36. The summed E-state index contributed by atoms with van der Waals surface area (Å²) in [5.41, 5.74) is 4.16. The van der Waals surface area contributed by atoms with Crippen molar-refractivity contribution in [3.63, 3.8) is 0 Å². The molecule has 0 spiro atoms. The van der Waals surface area contributed by atoms with Gasteiger partial charge in [0.25, 0.3) is 0 Å². The lowest BCUT2D eigenvalue weighted by Gasteiger charge is -2.22. The minimum atomic E-state index is -0.0380. The van der Waals surface area contributed by atoms with Gasteiger partial charge in [-0.25, -0.2) is 0 Å². The number of pyridine rings is 2. The number of ether oxygens (including phenoxy) is 1. The van der Waals surface area contributed by atoms with E-state index in [-0.39, 0.29) is 12.0 Å². The lowest BCUT2D eigenvalue weighted by molar-refractivity contribution is 0.111. The van der Waals surface area contributed by atoms with Crippen LogP contribution in [0.3, 0.4) is 0 Å². The normalized spacial score (nSPS) is 13.5. The van der Waals surface area contributed by atoms with Gasteiger partial charge in [-0.2, -0.15) is 0 Å². The summed E-state index contributed by atoms with van der Waals surface area (Å²) < 4.78 is 8.10. The molecule has 1 N–H and O–H groups in total. The minimum absolute atomic E-state index is 0.0380. The predicted octanol–water partition coefficient (Wildman–Crippen LogP) is 5.36. The molecule has 1 aliphatic carbocycles. The van der Waals surface area contributed by atoms with Gasteiger partial charge in [-0.3, -0.25) is 14.3 Å². The third-order valence-corrected chi connectivity index (χ3v) is 5.64. The van der Waals surface area contributed by atoms with Gasteiger partial charge < -0.3 is 10.1 Å². The Kier molecular flexibility index (Phi) is 5.26. The van der Waals surface area contributed by atoms with E-state index in [1.165, 1.54) is 12.8 Å². The summed E-state index contributed by atoms with van der Waals surface area (Å²) in [5, 5.41) is 4.10. The van der Waals surface area contributed by atoms with E-state index in [0.29, 0.717) is 23.5 Å². The van der Waals surface area contributed by atoms with Gasteiger partial charge in [0.1, 0.15) is 5.82 Å². The molecule has 2 aromatic heterocycles. The van der Waals surface area contributed by atoms with Crippen molar-refractivity contribution in [1.82, 2.24) is 9.55 Å². The molecule has 4 aromatic rings. The molecule has 1 aliphatic rings. The Balaban J connectivity index is 1.75. The molecule has 0 radical (unpaired) electrons. The molecule has 156 valence electrons. The number of aryl methyl sites for hydroxylation is 1. The molecule has 5 rings (SSSR count). The highest BCUT2D eigenvalue weighted by atomic mass is 16.5. The Morgan fingerprint density at radius 1 is 1.06 bits per heavy atom. The minimum Gasteiger partial charge on any atom is -0.376 e. The Labute approximate surface area is 181 Å². The molecular formula is C26H25N3O2. The lowest BCUT2D eigenvalue weighted by Crippen LogP contribution is -2.20. The summed E-state index contributed by atoms with van der Waals surface area (Å²) in [7, 11) is 0. The maximum Gasteiger partial charge on any atom is 0.198 e. The van der Waals surface area contributed by atoms with Crippen LogP contribution in [-0.4, -0.2) is 16.2 Å². The van der Waals surface area contributed by atoms with Gasteiger partial charge in [0.05, 0.1) is 23.1 Å². The highest BCUT2D eigenvalue weighted by molar-refractivity contribution is 5.85. The highest BCUT2D eigenvalue weighted by Crippen LogP contribution is 2.31. The van der Waals surface area contributed by atoms with Crippen LogP contribution in [0, 0.1) is 12.8 Å². The van der Waals surface area contributed by atoms with Gasteiger partial charge in [0.15, 0.2) is 5.43 Å². The largest absolute Gasteiger partial charge is 0.376 e. The van der Waals surface area contributed by atoms with Crippen molar-refractivity contribution >= 4 is 22.4 Å². The predicted molar refractivity (Wildman–Crippen MR) is 124 cm³/mol. The molecule has 2 heterocycles. The van der Waals surface area contributed by atoms with E-state index in [2.05, 4.69) is 14.9 Å². The van der Waals surface area contributed by atoms with Gasteiger partial charge >= 0.3 is 0 Å². The van der Waals surface area contributed by atoms with Gasteiger partial charge in [-0.1, -0.05) is 36.4 Å². The van der Waals surface area contributed by atoms with Crippen LogP contribution in [0.5, 0.6) is 0 Å². The van der Waals surface area contributed by atoms with E-state index in [1.54, 1.807) is 6.20 Å².